The van der Waals surface area contributed by atoms with E-state index >= 15 is 0 Å². The van der Waals surface area contributed by atoms with Gasteiger partial charge in [0.15, 0.2) is 5.56 Å². The molecule has 150 valence electrons. The largest absolute Gasteiger partial charge is 0.423 e. The fraction of sp³-hybridized carbons (Fsp3) is 0.733. The van der Waals surface area contributed by atoms with Crippen molar-refractivity contribution < 1.29 is 22.8 Å². The first-order valence-corrected chi connectivity index (χ1v) is 12.1. The number of aromatic nitrogens is 2. The van der Waals surface area contributed by atoms with Crippen LogP contribution in [0.25, 0.3) is 0 Å². The molecule has 0 fully saturated rings. The third kappa shape index (κ3) is 6.29. The lowest BCUT2D eigenvalue weighted by atomic mass is 10.1. The third-order valence-electron chi connectivity index (χ3n) is 3.56. The minimum atomic E-state index is -4.86. The number of halogens is 3. The second-order valence-electron chi connectivity index (χ2n) is 7.25. The topological polar surface area (TPSA) is 91.4 Å². The Bertz CT molecular complexity index is 659. The molecule has 0 aliphatic rings. The molecule has 0 radical (unpaired) electrons. The SMILES string of the molecule is CCc1nn(OCC[Si](C)(C)C)c(=O)c(C(F)(F)F)c1N[C@@H](C)CON. The minimum absolute atomic E-state index is 0.0315. The smallest absolute Gasteiger partial charge is 0.394 e. The van der Waals surface area contributed by atoms with Gasteiger partial charge in [-0.25, -0.2) is 5.90 Å². The van der Waals surface area contributed by atoms with Gasteiger partial charge in [0.1, 0.15) is 6.61 Å². The van der Waals surface area contributed by atoms with Crippen molar-refractivity contribution in [3.8, 4) is 0 Å². The molecule has 1 aromatic rings. The van der Waals surface area contributed by atoms with Crippen molar-refractivity contribution in [2.75, 3.05) is 18.5 Å². The highest BCUT2D eigenvalue weighted by molar-refractivity contribution is 6.76. The number of nitrogens with zero attached hydrogens (tertiary/aromatic N) is 2. The molecule has 0 spiro atoms. The Kier molecular flexibility index (Phi) is 7.65. The minimum Gasteiger partial charge on any atom is -0.394 e. The van der Waals surface area contributed by atoms with Gasteiger partial charge in [0, 0.05) is 14.1 Å². The van der Waals surface area contributed by atoms with Gasteiger partial charge in [-0.05, 0) is 19.4 Å². The summed E-state index contributed by atoms with van der Waals surface area (Å²) in [6.45, 7) is 9.62. The lowest BCUT2D eigenvalue weighted by Crippen LogP contribution is -2.39. The summed E-state index contributed by atoms with van der Waals surface area (Å²) in [7, 11) is -1.47. The molecule has 0 aliphatic carbocycles. The molecular weight excluding hydrogens is 369 g/mol. The Balaban J connectivity index is 3.34. The van der Waals surface area contributed by atoms with Gasteiger partial charge >= 0.3 is 11.7 Å². The van der Waals surface area contributed by atoms with Gasteiger partial charge in [0.05, 0.1) is 18.0 Å². The zero-order chi connectivity index (χ0) is 20.1. The molecule has 0 aromatic carbocycles. The highest BCUT2D eigenvalue weighted by atomic mass is 28.3. The van der Waals surface area contributed by atoms with Crippen LogP contribution in [0.15, 0.2) is 4.79 Å². The van der Waals surface area contributed by atoms with Crippen molar-refractivity contribution in [1.82, 2.24) is 9.94 Å². The van der Waals surface area contributed by atoms with E-state index in [9.17, 15) is 18.0 Å². The highest BCUT2D eigenvalue weighted by Gasteiger charge is 2.40. The van der Waals surface area contributed by atoms with Crippen LogP contribution < -0.4 is 21.6 Å². The monoisotopic (exact) mass is 396 g/mol. The number of nitrogens with two attached hydrogens (primary N) is 1. The fourth-order valence-corrected chi connectivity index (χ4v) is 2.88. The molecule has 11 heteroatoms. The predicted octanol–water partition coefficient (Wildman–Crippen LogP) is 2.28. The number of rotatable bonds is 9. The fourth-order valence-electron chi connectivity index (χ4n) is 2.18. The second kappa shape index (κ2) is 8.87. The van der Waals surface area contributed by atoms with Crippen molar-refractivity contribution in [3.63, 3.8) is 0 Å². The van der Waals surface area contributed by atoms with Crippen LogP contribution in [0, 0.1) is 0 Å². The molecule has 3 N–H and O–H groups in total. The molecule has 0 saturated heterocycles. The Hall–Kier alpha value is -1.59. The molecule has 0 bridgehead atoms. The van der Waals surface area contributed by atoms with E-state index < -0.39 is 31.4 Å². The van der Waals surface area contributed by atoms with Crippen LogP contribution in [0.2, 0.25) is 25.7 Å². The van der Waals surface area contributed by atoms with Gasteiger partial charge in [0.25, 0.3) is 0 Å². The van der Waals surface area contributed by atoms with Gasteiger partial charge in [-0.2, -0.15) is 13.2 Å². The van der Waals surface area contributed by atoms with Crippen molar-refractivity contribution in [1.29, 1.82) is 0 Å². The van der Waals surface area contributed by atoms with Crippen molar-refractivity contribution in [2.45, 2.75) is 58.2 Å². The summed E-state index contributed by atoms with van der Waals surface area (Å²) < 4.78 is 40.7. The van der Waals surface area contributed by atoms with Gasteiger partial charge < -0.3 is 15.0 Å². The molecule has 0 amide bonds. The van der Waals surface area contributed by atoms with E-state index in [0.29, 0.717) is 10.9 Å². The van der Waals surface area contributed by atoms with Gasteiger partial charge in [-0.15, -0.1) is 5.10 Å². The van der Waals surface area contributed by atoms with E-state index in [-0.39, 0.29) is 31.0 Å². The van der Waals surface area contributed by atoms with Crippen LogP contribution in [0.4, 0.5) is 18.9 Å². The van der Waals surface area contributed by atoms with Crippen molar-refractivity contribution in [3.05, 3.63) is 21.6 Å². The van der Waals surface area contributed by atoms with E-state index in [0.717, 1.165) is 0 Å². The van der Waals surface area contributed by atoms with Crippen LogP contribution in [0.5, 0.6) is 0 Å². The first kappa shape index (κ1) is 22.4. The van der Waals surface area contributed by atoms with E-state index in [1.807, 2.05) is 0 Å². The summed E-state index contributed by atoms with van der Waals surface area (Å²) in [6.07, 6.45) is -4.68. The van der Waals surface area contributed by atoms with Crippen LogP contribution in [0.1, 0.15) is 25.1 Å². The lowest BCUT2D eigenvalue weighted by Gasteiger charge is -2.22. The van der Waals surface area contributed by atoms with Crippen LogP contribution in [-0.4, -0.2) is 37.3 Å². The first-order valence-electron chi connectivity index (χ1n) is 8.35. The standard InChI is InChI=1S/C15H27F3N4O3Si/c1-6-11-13(20-10(2)9-24-19)12(15(16,17)18)14(23)22(21-11)25-7-8-26(3,4)5/h10,20H,6-9,19H2,1-5H3/t10-/m0/s1. The molecule has 0 aliphatic heterocycles. The maximum Gasteiger partial charge on any atom is 0.423 e. The molecule has 26 heavy (non-hydrogen) atoms. The molecule has 7 nitrogen and oxygen atoms in total. The summed E-state index contributed by atoms with van der Waals surface area (Å²) in [5, 5.41) is 6.60. The average molecular weight is 396 g/mol. The average Bonchev–Trinajstić information content (AvgIpc) is 2.47. The van der Waals surface area contributed by atoms with Crippen LogP contribution in [-0.2, 0) is 17.4 Å². The van der Waals surface area contributed by atoms with Gasteiger partial charge in [-0.3, -0.25) is 4.79 Å². The molecule has 1 atom stereocenters. The third-order valence-corrected chi connectivity index (χ3v) is 5.26. The summed E-state index contributed by atoms with van der Waals surface area (Å²) in [6, 6.07) is 0.144. The highest BCUT2D eigenvalue weighted by Crippen LogP contribution is 2.34. The maximum atomic E-state index is 13.6. The second-order valence-corrected chi connectivity index (χ2v) is 12.9. The molecule has 0 unspecified atom stereocenters. The molecule has 1 rings (SSSR count). The van der Waals surface area contributed by atoms with E-state index in [2.05, 4.69) is 34.9 Å². The Labute approximate surface area is 151 Å². The van der Waals surface area contributed by atoms with Gasteiger partial charge in [-0.1, -0.05) is 31.4 Å². The summed E-state index contributed by atoms with van der Waals surface area (Å²) in [5.74, 6) is 4.96. The number of nitrogens with one attached hydrogen (secondary N) is 1. The molecule has 1 heterocycles. The lowest BCUT2D eigenvalue weighted by molar-refractivity contribution is -0.139. The number of hydrogen-bond donors (Lipinski definition) is 2. The van der Waals surface area contributed by atoms with Crippen LogP contribution >= 0.6 is 0 Å². The zero-order valence-electron chi connectivity index (χ0n) is 15.7. The maximum absolute atomic E-state index is 13.6. The van der Waals surface area contributed by atoms with Crippen molar-refractivity contribution >= 4 is 13.8 Å². The van der Waals surface area contributed by atoms with Gasteiger partial charge in [0.2, 0.25) is 0 Å². The van der Waals surface area contributed by atoms with E-state index in [1.54, 1.807) is 13.8 Å². The molecule has 1 aromatic heterocycles. The van der Waals surface area contributed by atoms with Crippen molar-refractivity contribution in [2.24, 2.45) is 5.90 Å². The summed E-state index contributed by atoms with van der Waals surface area (Å²) >= 11 is 0. The number of aryl methyl sites for hydroxylation is 1. The zero-order valence-corrected chi connectivity index (χ0v) is 16.7. The van der Waals surface area contributed by atoms with Crippen LogP contribution in [0.3, 0.4) is 0 Å². The molecule has 0 saturated carbocycles. The van der Waals surface area contributed by atoms with E-state index in [1.165, 1.54) is 0 Å². The quantitative estimate of drug-likeness (QED) is 0.492. The Morgan fingerprint density at radius 3 is 2.42 bits per heavy atom. The number of hydrogen-bond acceptors (Lipinski definition) is 6. The van der Waals surface area contributed by atoms with E-state index in [4.69, 9.17) is 10.7 Å². The normalized spacial score (nSPS) is 13.6. The Morgan fingerprint density at radius 2 is 1.96 bits per heavy atom. The summed E-state index contributed by atoms with van der Waals surface area (Å²) in [4.78, 5) is 22.5. The summed E-state index contributed by atoms with van der Waals surface area (Å²) in [5.41, 5.74) is -2.96. The number of anilines is 1. The molecular formula is C15H27F3N4O3Si. The number of alkyl halides is 3. The predicted molar refractivity (Wildman–Crippen MR) is 95.7 cm³/mol. The Morgan fingerprint density at radius 1 is 1.35 bits per heavy atom. The first-order chi connectivity index (χ1) is 11.9.